The average Bonchev–Trinajstić information content (AvgIpc) is 3.16. The number of methoxy groups -OCH3 is 1. The largest absolute Gasteiger partial charge is 0.496 e. The van der Waals surface area contributed by atoms with E-state index in [0.29, 0.717) is 16.4 Å². The van der Waals surface area contributed by atoms with E-state index in [4.69, 9.17) is 4.74 Å². The summed E-state index contributed by atoms with van der Waals surface area (Å²) in [6.07, 6.45) is 3.46. The van der Waals surface area contributed by atoms with Crippen LogP contribution in [0.2, 0.25) is 0 Å². The van der Waals surface area contributed by atoms with Gasteiger partial charge in [0.25, 0.3) is 5.91 Å². The molecule has 0 saturated carbocycles. The van der Waals surface area contributed by atoms with Gasteiger partial charge in [0.2, 0.25) is 0 Å². The number of carbonyl (C=O) groups is 1. The topological polar surface area (TPSA) is 64.1 Å². The van der Waals surface area contributed by atoms with Gasteiger partial charge in [0.05, 0.1) is 18.4 Å². The van der Waals surface area contributed by atoms with Crippen molar-refractivity contribution >= 4 is 33.1 Å². The first kappa shape index (κ1) is 16.2. The molecule has 0 fully saturated rings. The maximum Gasteiger partial charge on any atom is 0.261 e. The highest BCUT2D eigenvalue weighted by Gasteiger charge is 2.15. The molecule has 2 aromatic carbocycles. The summed E-state index contributed by atoms with van der Waals surface area (Å²) in [5, 5.41) is 7.28. The van der Waals surface area contributed by atoms with Gasteiger partial charge in [-0.2, -0.15) is 0 Å². The fourth-order valence-electron chi connectivity index (χ4n) is 2.71. The van der Waals surface area contributed by atoms with Crippen LogP contribution in [0.5, 0.6) is 5.75 Å². The summed E-state index contributed by atoms with van der Waals surface area (Å²) in [4.78, 5) is 21.3. The molecule has 26 heavy (non-hydrogen) atoms. The maximum atomic E-state index is 12.7. The number of aromatic nitrogens is 2. The number of ether oxygens (including phenoxy) is 1. The minimum atomic E-state index is -0.250. The minimum Gasteiger partial charge on any atom is -0.496 e. The lowest BCUT2D eigenvalue weighted by molar-refractivity contribution is 0.102. The lowest BCUT2D eigenvalue weighted by Gasteiger charge is -2.10. The number of anilines is 1. The number of rotatable bonds is 4. The molecule has 0 spiro atoms. The Balaban J connectivity index is 1.62. The van der Waals surface area contributed by atoms with Crippen LogP contribution >= 0.6 is 11.3 Å². The monoisotopic (exact) mass is 361 g/mol. The normalized spacial score (nSPS) is 10.7. The van der Waals surface area contributed by atoms with E-state index in [2.05, 4.69) is 15.3 Å². The molecule has 1 N–H and O–H groups in total. The second-order valence-electron chi connectivity index (χ2n) is 5.63. The third-order valence-electron chi connectivity index (χ3n) is 3.99. The predicted molar refractivity (Wildman–Crippen MR) is 104 cm³/mol. The highest BCUT2D eigenvalue weighted by atomic mass is 32.1. The van der Waals surface area contributed by atoms with Gasteiger partial charge in [0.1, 0.15) is 5.75 Å². The number of benzene rings is 2. The minimum absolute atomic E-state index is 0.250. The highest BCUT2D eigenvalue weighted by molar-refractivity contribution is 7.14. The average molecular weight is 361 g/mol. The molecular weight excluding hydrogens is 346 g/mol. The van der Waals surface area contributed by atoms with E-state index in [1.165, 1.54) is 11.3 Å². The van der Waals surface area contributed by atoms with E-state index in [1.54, 1.807) is 19.5 Å². The van der Waals surface area contributed by atoms with E-state index in [9.17, 15) is 4.79 Å². The van der Waals surface area contributed by atoms with Crippen molar-refractivity contribution < 1.29 is 9.53 Å². The van der Waals surface area contributed by atoms with Crippen molar-refractivity contribution in [2.75, 3.05) is 12.4 Å². The molecule has 0 saturated heterocycles. The van der Waals surface area contributed by atoms with Gasteiger partial charge >= 0.3 is 0 Å². The molecule has 0 bridgehead atoms. The number of fused-ring (bicyclic) bond motifs is 1. The van der Waals surface area contributed by atoms with Gasteiger partial charge < -0.3 is 4.74 Å². The first-order valence-electron chi connectivity index (χ1n) is 7.98. The van der Waals surface area contributed by atoms with Crippen molar-refractivity contribution in [1.82, 2.24) is 9.97 Å². The summed E-state index contributed by atoms with van der Waals surface area (Å²) in [7, 11) is 1.56. The van der Waals surface area contributed by atoms with Crippen LogP contribution in [0, 0.1) is 0 Å². The van der Waals surface area contributed by atoms with Crippen molar-refractivity contribution in [3.8, 4) is 17.0 Å². The lowest BCUT2D eigenvalue weighted by atomic mass is 10.1. The Morgan fingerprint density at radius 3 is 2.65 bits per heavy atom. The van der Waals surface area contributed by atoms with E-state index >= 15 is 0 Å². The molecule has 4 rings (SSSR count). The molecule has 2 heterocycles. The molecule has 6 heteroatoms. The fourth-order valence-corrected chi connectivity index (χ4v) is 3.42. The molecule has 0 aliphatic rings. The van der Waals surface area contributed by atoms with Crippen LogP contribution in [0.3, 0.4) is 0 Å². The number of nitrogens with one attached hydrogen (secondary N) is 1. The van der Waals surface area contributed by atoms with Gasteiger partial charge in [-0.3, -0.25) is 15.1 Å². The second kappa shape index (κ2) is 6.93. The zero-order chi connectivity index (χ0) is 17.9. The van der Waals surface area contributed by atoms with Gasteiger partial charge in [-0.05, 0) is 35.0 Å². The Kier molecular flexibility index (Phi) is 4.33. The molecule has 0 radical (unpaired) electrons. The number of carbonyl (C=O) groups excluding carboxylic acids is 1. The number of nitrogens with zero attached hydrogens (tertiary/aromatic N) is 2. The summed E-state index contributed by atoms with van der Waals surface area (Å²) in [6.45, 7) is 0. The standard InChI is InChI=1S/C20H15N3O2S/c1-25-18-10-14-6-3-2-5-13(14)9-16(18)19(24)23-20-22-17(12-26-20)15-7-4-8-21-11-15/h2-12H,1H3,(H,22,23,24). The number of pyridine rings is 1. The summed E-state index contributed by atoms with van der Waals surface area (Å²) in [6, 6.07) is 15.3. The Labute approximate surface area is 154 Å². The van der Waals surface area contributed by atoms with Crippen molar-refractivity contribution in [1.29, 1.82) is 0 Å². The van der Waals surface area contributed by atoms with E-state index in [1.807, 2.05) is 53.9 Å². The Morgan fingerprint density at radius 2 is 1.92 bits per heavy atom. The van der Waals surface area contributed by atoms with Crippen LogP contribution in [0.4, 0.5) is 5.13 Å². The van der Waals surface area contributed by atoms with Crippen LogP contribution in [-0.2, 0) is 0 Å². The van der Waals surface area contributed by atoms with Crippen LogP contribution in [0.15, 0.2) is 66.3 Å². The van der Waals surface area contributed by atoms with Gasteiger partial charge in [0.15, 0.2) is 5.13 Å². The molecule has 0 atom stereocenters. The highest BCUT2D eigenvalue weighted by Crippen LogP contribution is 2.28. The lowest BCUT2D eigenvalue weighted by Crippen LogP contribution is -2.13. The first-order valence-corrected chi connectivity index (χ1v) is 8.86. The zero-order valence-corrected chi connectivity index (χ0v) is 14.8. The van der Waals surface area contributed by atoms with Crippen molar-refractivity contribution in [3.05, 3.63) is 71.9 Å². The van der Waals surface area contributed by atoms with Gasteiger partial charge in [-0.25, -0.2) is 4.98 Å². The van der Waals surface area contributed by atoms with Crippen LogP contribution < -0.4 is 10.1 Å². The van der Waals surface area contributed by atoms with Crippen molar-refractivity contribution in [2.45, 2.75) is 0 Å². The fraction of sp³-hybridized carbons (Fsp3) is 0.0500. The van der Waals surface area contributed by atoms with Crippen LogP contribution in [0.25, 0.3) is 22.0 Å². The van der Waals surface area contributed by atoms with Gasteiger partial charge in [-0.15, -0.1) is 11.3 Å². The van der Waals surface area contributed by atoms with Gasteiger partial charge in [-0.1, -0.05) is 24.3 Å². The van der Waals surface area contributed by atoms with Crippen LogP contribution in [0.1, 0.15) is 10.4 Å². The molecular formula is C20H15N3O2S. The summed E-state index contributed by atoms with van der Waals surface area (Å²) < 4.78 is 5.40. The Hall–Kier alpha value is -3.25. The quantitative estimate of drug-likeness (QED) is 0.576. The molecule has 5 nitrogen and oxygen atoms in total. The molecule has 1 amide bonds. The summed E-state index contributed by atoms with van der Waals surface area (Å²) in [5.74, 6) is 0.282. The Morgan fingerprint density at radius 1 is 1.12 bits per heavy atom. The first-order chi connectivity index (χ1) is 12.7. The third-order valence-corrected chi connectivity index (χ3v) is 4.75. The molecule has 0 aliphatic heterocycles. The maximum absolute atomic E-state index is 12.7. The molecule has 4 aromatic rings. The third kappa shape index (κ3) is 3.14. The van der Waals surface area contributed by atoms with Gasteiger partial charge in [0, 0.05) is 23.3 Å². The van der Waals surface area contributed by atoms with E-state index in [-0.39, 0.29) is 5.91 Å². The number of hydrogen-bond acceptors (Lipinski definition) is 5. The molecule has 2 aromatic heterocycles. The van der Waals surface area contributed by atoms with Crippen LogP contribution in [-0.4, -0.2) is 23.0 Å². The number of hydrogen-bond donors (Lipinski definition) is 1. The molecule has 0 aliphatic carbocycles. The Bertz CT molecular complexity index is 1080. The van der Waals surface area contributed by atoms with E-state index < -0.39 is 0 Å². The predicted octanol–water partition coefficient (Wildman–Crippen LogP) is 4.62. The SMILES string of the molecule is COc1cc2ccccc2cc1C(=O)Nc1nc(-c2cccnc2)cs1. The smallest absolute Gasteiger partial charge is 0.261 e. The second-order valence-corrected chi connectivity index (χ2v) is 6.49. The number of amides is 1. The zero-order valence-electron chi connectivity index (χ0n) is 14.0. The van der Waals surface area contributed by atoms with Crippen molar-refractivity contribution in [2.24, 2.45) is 0 Å². The van der Waals surface area contributed by atoms with E-state index in [0.717, 1.165) is 22.0 Å². The summed E-state index contributed by atoms with van der Waals surface area (Å²) in [5.41, 5.74) is 2.17. The number of thiazole rings is 1. The molecule has 0 unspecified atom stereocenters. The van der Waals surface area contributed by atoms with Crippen molar-refractivity contribution in [3.63, 3.8) is 0 Å². The molecule has 128 valence electrons. The summed E-state index contributed by atoms with van der Waals surface area (Å²) >= 11 is 1.37.